The molecule has 8 heavy (non-hydrogen) atoms. The van der Waals surface area contributed by atoms with Crippen LogP contribution in [0.4, 0.5) is 0 Å². The maximum Gasteiger partial charge on any atom is 0.0276 e. The number of nitrogens with zero attached hydrogens (tertiary/aromatic N) is 1. The normalized spacial score (nSPS) is 12.1. The molecule has 0 aliphatic rings. The lowest BCUT2D eigenvalue weighted by molar-refractivity contribution is 0.835. The number of aliphatic imine (C=N–C) groups is 1. The Hall–Kier alpha value is -0.330. The fraction of sp³-hybridized carbons (Fsp3) is 0.714. The van der Waals surface area contributed by atoms with E-state index < -0.39 is 0 Å². The van der Waals surface area contributed by atoms with E-state index in [4.69, 9.17) is 0 Å². The molecule has 0 aromatic carbocycles. The van der Waals surface area contributed by atoms with Crippen LogP contribution in [0.25, 0.3) is 0 Å². The van der Waals surface area contributed by atoms with Gasteiger partial charge in [0.15, 0.2) is 0 Å². The van der Waals surface area contributed by atoms with Crippen LogP contribution in [-0.2, 0) is 0 Å². The highest BCUT2D eigenvalue weighted by Gasteiger charge is 1.85. The zero-order chi connectivity index (χ0) is 6.41. The molecule has 0 N–H and O–H groups in total. The van der Waals surface area contributed by atoms with Gasteiger partial charge in [-0.3, -0.25) is 4.99 Å². The standard InChI is InChI=1S/C7H14N/c1-4-5-6-7(2)8-3/h2,4-6H2,1,3H3/b8-7-. The second-order valence-electron chi connectivity index (χ2n) is 1.89. The Kier molecular flexibility index (Phi) is 4.62. The van der Waals surface area contributed by atoms with Crippen molar-refractivity contribution in [3.8, 4) is 0 Å². The summed E-state index contributed by atoms with van der Waals surface area (Å²) in [5, 5.41) is 0. The third kappa shape index (κ3) is 3.85. The second-order valence-corrected chi connectivity index (χ2v) is 1.89. The highest BCUT2D eigenvalue weighted by atomic mass is 14.7. The summed E-state index contributed by atoms with van der Waals surface area (Å²) >= 11 is 0. The van der Waals surface area contributed by atoms with Crippen molar-refractivity contribution >= 4 is 5.71 Å². The number of rotatable bonds is 3. The fourth-order valence-corrected chi connectivity index (χ4v) is 0.493. The Bertz CT molecular complexity index is 74.5. The first-order valence-corrected chi connectivity index (χ1v) is 3.09. The van der Waals surface area contributed by atoms with E-state index in [1.807, 2.05) is 0 Å². The quantitative estimate of drug-likeness (QED) is 0.496. The molecule has 47 valence electrons. The van der Waals surface area contributed by atoms with Crippen molar-refractivity contribution in [2.45, 2.75) is 26.2 Å². The molecule has 0 unspecified atom stereocenters. The van der Waals surface area contributed by atoms with E-state index in [-0.39, 0.29) is 0 Å². The average Bonchev–Trinajstić information content (AvgIpc) is 1.83. The van der Waals surface area contributed by atoms with Gasteiger partial charge < -0.3 is 0 Å². The molecule has 0 fully saturated rings. The summed E-state index contributed by atoms with van der Waals surface area (Å²) in [5.74, 6) is 0. The maximum absolute atomic E-state index is 3.93. The van der Waals surface area contributed by atoms with E-state index in [1.54, 1.807) is 7.05 Å². The molecule has 0 spiro atoms. The molecule has 0 aliphatic heterocycles. The molecule has 0 bridgehead atoms. The van der Waals surface area contributed by atoms with Crippen LogP contribution in [0.5, 0.6) is 0 Å². The Morgan fingerprint density at radius 2 is 2.25 bits per heavy atom. The first-order valence-electron chi connectivity index (χ1n) is 3.09. The summed E-state index contributed by atoms with van der Waals surface area (Å²) in [4.78, 5) is 3.93. The summed E-state index contributed by atoms with van der Waals surface area (Å²) < 4.78 is 0. The third-order valence-electron chi connectivity index (χ3n) is 1.14. The van der Waals surface area contributed by atoms with Crippen LogP contribution < -0.4 is 0 Å². The summed E-state index contributed by atoms with van der Waals surface area (Å²) in [5.41, 5.74) is 1.02. The molecule has 0 aromatic rings. The van der Waals surface area contributed by atoms with Gasteiger partial charge in [0, 0.05) is 12.8 Å². The first kappa shape index (κ1) is 7.67. The monoisotopic (exact) mass is 112 g/mol. The molecule has 0 aromatic heterocycles. The van der Waals surface area contributed by atoms with E-state index in [9.17, 15) is 0 Å². The Morgan fingerprint density at radius 1 is 1.62 bits per heavy atom. The lowest BCUT2D eigenvalue weighted by Crippen LogP contribution is -1.89. The summed E-state index contributed by atoms with van der Waals surface area (Å²) in [6, 6.07) is 0. The fourth-order valence-electron chi connectivity index (χ4n) is 0.493. The minimum atomic E-state index is 1.02. The molecule has 0 saturated carbocycles. The topological polar surface area (TPSA) is 12.4 Å². The smallest absolute Gasteiger partial charge is 0.0276 e. The number of hydrogen-bond donors (Lipinski definition) is 0. The molecule has 0 aliphatic carbocycles. The molecule has 0 saturated heterocycles. The predicted molar refractivity (Wildman–Crippen MR) is 38.2 cm³/mol. The molecule has 0 amide bonds. The van der Waals surface area contributed by atoms with E-state index >= 15 is 0 Å². The van der Waals surface area contributed by atoms with Crippen molar-refractivity contribution in [2.75, 3.05) is 7.05 Å². The van der Waals surface area contributed by atoms with Crippen LogP contribution in [0.1, 0.15) is 26.2 Å². The minimum absolute atomic E-state index is 1.02. The van der Waals surface area contributed by atoms with Crippen LogP contribution in [0.2, 0.25) is 0 Å². The van der Waals surface area contributed by atoms with Gasteiger partial charge in [-0.25, -0.2) is 0 Å². The van der Waals surface area contributed by atoms with E-state index in [0.29, 0.717) is 0 Å². The van der Waals surface area contributed by atoms with Gasteiger partial charge in [-0.15, -0.1) is 0 Å². The van der Waals surface area contributed by atoms with Gasteiger partial charge in [-0.1, -0.05) is 13.3 Å². The molecule has 0 rings (SSSR count). The molecular weight excluding hydrogens is 98.1 g/mol. The highest BCUT2D eigenvalue weighted by molar-refractivity contribution is 5.88. The molecule has 1 radical (unpaired) electrons. The first-order chi connectivity index (χ1) is 3.81. The van der Waals surface area contributed by atoms with Gasteiger partial charge in [0.2, 0.25) is 0 Å². The van der Waals surface area contributed by atoms with Crippen LogP contribution in [0, 0.1) is 6.92 Å². The van der Waals surface area contributed by atoms with E-state index in [1.165, 1.54) is 12.8 Å². The molecule has 0 atom stereocenters. The highest BCUT2D eigenvalue weighted by Crippen LogP contribution is 1.94. The third-order valence-corrected chi connectivity index (χ3v) is 1.14. The summed E-state index contributed by atoms with van der Waals surface area (Å²) in [6.45, 7) is 5.91. The second kappa shape index (κ2) is 4.82. The van der Waals surface area contributed by atoms with Gasteiger partial charge in [0.1, 0.15) is 0 Å². The van der Waals surface area contributed by atoms with Gasteiger partial charge >= 0.3 is 0 Å². The van der Waals surface area contributed by atoms with E-state index in [2.05, 4.69) is 18.8 Å². The van der Waals surface area contributed by atoms with Crippen molar-refractivity contribution in [1.82, 2.24) is 0 Å². The Balaban J connectivity index is 3.12. The zero-order valence-electron chi connectivity index (χ0n) is 5.78. The summed E-state index contributed by atoms with van der Waals surface area (Å²) in [6.07, 6.45) is 3.51. The molecule has 0 heterocycles. The number of unbranched alkanes of at least 4 members (excludes halogenated alkanes) is 1. The largest absolute Gasteiger partial charge is 0.297 e. The Labute approximate surface area is 51.8 Å². The number of hydrogen-bond acceptors (Lipinski definition) is 1. The van der Waals surface area contributed by atoms with Crippen molar-refractivity contribution in [3.63, 3.8) is 0 Å². The van der Waals surface area contributed by atoms with Crippen LogP contribution in [-0.4, -0.2) is 12.8 Å². The Morgan fingerprint density at radius 3 is 2.62 bits per heavy atom. The van der Waals surface area contributed by atoms with Crippen molar-refractivity contribution in [2.24, 2.45) is 4.99 Å². The zero-order valence-corrected chi connectivity index (χ0v) is 5.78. The average molecular weight is 112 g/mol. The van der Waals surface area contributed by atoms with Gasteiger partial charge in [-0.05, 0) is 19.8 Å². The van der Waals surface area contributed by atoms with Crippen molar-refractivity contribution in [1.29, 1.82) is 0 Å². The van der Waals surface area contributed by atoms with Crippen molar-refractivity contribution < 1.29 is 0 Å². The summed E-state index contributed by atoms with van der Waals surface area (Å²) in [7, 11) is 1.79. The van der Waals surface area contributed by atoms with Crippen LogP contribution in [0.15, 0.2) is 4.99 Å². The lowest BCUT2D eigenvalue weighted by Gasteiger charge is -1.93. The predicted octanol–water partition coefficient (Wildman–Crippen LogP) is 2.08. The molecule has 1 nitrogen and oxygen atoms in total. The van der Waals surface area contributed by atoms with Crippen molar-refractivity contribution in [3.05, 3.63) is 6.92 Å². The lowest BCUT2D eigenvalue weighted by atomic mass is 10.2. The van der Waals surface area contributed by atoms with Gasteiger partial charge in [0.25, 0.3) is 0 Å². The molecule has 1 heteroatoms. The minimum Gasteiger partial charge on any atom is -0.297 e. The van der Waals surface area contributed by atoms with Gasteiger partial charge in [0.05, 0.1) is 0 Å². The maximum atomic E-state index is 3.93. The molecular formula is C7H14N. The SMILES string of the molecule is [CH2]/C(CCCC)=N/C. The van der Waals surface area contributed by atoms with Gasteiger partial charge in [-0.2, -0.15) is 0 Å². The van der Waals surface area contributed by atoms with E-state index in [0.717, 1.165) is 12.1 Å². The van der Waals surface area contributed by atoms with Crippen LogP contribution in [0.3, 0.4) is 0 Å². The van der Waals surface area contributed by atoms with Crippen LogP contribution >= 0.6 is 0 Å².